The van der Waals surface area contributed by atoms with Gasteiger partial charge in [0.15, 0.2) is 0 Å². The van der Waals surface area contributed by atoms with Gasteiger partial charge < -0.3 is 4.90 Å². The lowest BCUT2D eigenvalue weighted by atomic mass is 10.4. The van der Waals surface area contributed by atoms with Gasteiger partial charge in [0.05, 0.1) is 11.4 Å². The van der Waals surface area contributed by atoms with Gasteiger partial charge in [0.1, 0.15) is 16.1 Å². The van der Waals surface area contributed by atoms with Gasteiger partial charge in [0.25, 0.3) is 0 Å². The predicted molar refractivity (Wildman–Crippen MR) is 87.9 cm³/mol. The van der Waals surface area contributed by atoms with E-state index in [1.165, 1.54) is 8.42 Å². The van der Waals surface area contributed by atoms with Crippen LogP contribution in [0.25, 0.3) is 0 Å². The molecule has 0 bridgehead atoms. The number of rotatable bonds is 2. The van der Waals surface area contributed by atoms with E-state index in [1.54, 1.807) is 53.1 Å². The molecule has 3 heterocycles. The third kappa shape index (κ3) is 2.16. The highest BCUT2D eigenvalue weighted by molar-refractivity contribution is 8.06. The average molecular weight is 374 g/mol. The lowest BCUT2D eigenvalue weighted by Crippen LogP contribution is -2.21. The first kappa shape index (κ1) is 13.0. The van der Waals surface area contributed by atoms with E-state index in [1.807, 2.05) is 0 Å². The molecule has 0 spiro atoms. The van der Waals surface area contributed by atoms with Crippen molar-refractivity contribution >= 4 is 101 Å². The molecule has 0 fully saturated rings. The van der Waals surface area contributed by atoms with Crippen LogP contribution in [-0.4, -0.2) is 12.4 Å². The van der Waals surface area contributed by atoms with E-state index in [-0.39, 0.29) is 0 Å². The lowest BCUT2D eigenvalue weighted by molar-refractivity contribution is 1.01. The van der Waals surface area contributed by atoms with E-state index < -0.39 is 0 Å². The first-order valence-electron chi connectivity index (χ1n) is 4.50. The third-order valence-electron chi connectivity index (χ3n) is 2.19. The minimum Gasteiger partial charge on any atom is -0.333 e. The number of alkyl halides is 1. The topological polar surface area (TPSA) is 3.24 Å². The Labute approximate surface area is 132 Å². The van der Waals surface area contributed by atoms with E-state index in [0.29, 0.717) is 5.88 Å². The molecule has 2 aromatic rings. The zero-order valence-corrected chi connectivity index (χ0v) is 14.6. The summed E-state index contributed by atoms with van der Waals surface area (Å²) in [5.74, 6) is 0.577. The monoisotopic (exact) mass is 373 g/mol. The smallest absolute Gasteiger partial charge is 0.126 e. The summed E-state index contributed by atoms with van der Waals surface area (Å²) in [6.45, 7) is 0.766. The number of nitrogens with zero attached hydrogens (tertiary/aromatic N) is 1. The zero-order chi connectivity index (χ0) is 12.0. The number of hydrogen-bond acceptors (Lipinski definition) is 8. The number of anilines is 2. The molecule has 0 amide bonds. The van der Waals surface area contributed by atoms with Gasteiger partial charge in [0, 0.05) is 12.4 Å². The molecule has 1 aliphatic rings. The summed E-state index contributed by atoms with van der Waals surface area (Å²) in [5, 5.41) is 0. The molecule has 2 aromatic heterocycles. The molecule has 0 atom stereocenters. The predicted octanol–water partition coefficient (Wildman–Crippen LogP) is 6.23. The Morgan fingerprint density at radius 1 is 0.941 bits per heavy atom. The Bertz CT molecular complexity index is 608. The Kier molecular flexibility index (Phi) is 3.94. The van der Waals surface area contributed by atoms with Crippen molar-refractivity contribution in [3.8, 4) is 0 Å². The molecule has 0 N–H and O–H groups in total. The fourth-order valence-electron chi connectivity index (χ4n) is 1.55. The maximum Gasteiger partial charge on any atom is 0.126 e. The second-order valence-electron chi connectivity index (χ2n) is 3.12. The van der Waals surface area contributed by atoms with Crippen molar-refractivity contribution in [2.24, 2.45) is 0 Å². The minimum atomic E-state index is 0.577. The Morgan fingerprint density at radius 2 is 1.47 bits per heavy atom. The molecule has 17 heavy (non-hydrogen) atoms. The summed E-state index contributed by atoms with van der Waals surface area (Å²) in [7, 11) is 6.80. The third-order valence-corrected chi connectivity index (χ3v) is 10.3. The lowest BCUT2D eigenvalue weighted by Gasteiger charge is -2.26. The summed E-state index contributed by atoms with van der Waals surface area (Å²) in [6.07, 6.45) is 0. The number of halogens is 1. The van der Waals surface area contributed by atoms with Crippen molar-refractivity contribution < 1.29 is 0 Å². The summed E-state index contributed by atoms with van der Waals surface area (Å²) in [4.78, 5) is 2.21. The molecule has 0 aliphatic carbocycles. The molecular weight excluding hydrogens is 370 g/mol. The second kappa shape index (κ2) is 5.16. The first-order chi connectivity index (χ1) is 8.22. The maximum absolute atomic E-state index is 5.90. The van der Waals surface area contributed by atoms with Crippen molar-refractivity contribution in [1.82, 2.24) is 0 Å². The van der Waals surface area contributed by atoms with Crippen LogP contribution in [-0.2, 0) is 0 Å². The van der Waals surface area contributed by atoms with E-state index in [4.69, 9.17) is 36.0 Å². The summed E-state index contributed by atoms with van der Waals surface area (Å²) < 4.78 is 4.45. The van der Waals surface area contributed by atoms with Gasteiger partial charge in [-0.15, -0.1) is 11.6 Å². The molecule has 1 aliphatic heterocycles. The van der Waals surface area contributed by atoms with Crippen molar-refractivity contribution in [2.45, 2.75) is 8.42 Å². The van der Waals surface area contributed by atoms with Crippen LogP contribution in [0.5, 0.6) is 0 Å². The van der Waals surface area contributed by atoms with E-state index in [9.17, 15) is 0 Å². The summed E-state index contributed by atoms with van der Waals surface area (Å²) in [6, 6.07) is 0. The van der Waals surface area contributed by atoms with Crippen molar-refractivity contribution in [3.05, 3.63) is 7.65 Å². The summed E-state index contributed by atoms with van der Waals surface area (Å²) in [5.41, 5.74) is 2.29. The van der Waals surface area contributed by atoms with Crippen molar-refractivity contribution in [2.75, 3.05) is 17.3 Å². The highest BCUT2D eigenvalue weighted by Crippen LogP contribution is 2.56. The van der Waals surface area contributed by atoms with Crippen LogP contribution in [0, 0.1) is 7.65 Å². The van der Waals surface area contributed by atoms with Crippen molar-refractivity contribution in [3.63, 3.8) is 0 Å². The van der Waals surface area contributed by atoms with Crippen LogP contribution in [0.1, 0.15) is 0 Å². The Morgan fingerprint density at radius 3 is 1.94 bits per heavy atom. The van der Waals surface area contributed by atoms with Crippen LogP contribution in [0.15, 0.2) is 8.42 Å². The molecule has 3 rings (SSSR count). The number of hydrogen-bond donors (Lipinski definition) is 0. The quantitative estimate of drug-likeness (QED) is 0.348. The first-order valence-corrected chi connectivity index (χ1v) is 11.0. The van der Waals surface area contributed by atoms with Gasteiger partial charge in [-0.2, -0.15) is 0 Å². The summed E-state index contributed by atoms with van der Waals surface area (Å²) >= 11 is 18.5. The molecule has 0 saturated heterocycles. The normalized spacial score (nSPS) is 13.6. The maximum atomic E-state index is 5.90. The Hall–Kier alpha value is 0.980. The molecule has 0 unspecified atom stereocenters. The highest BCUT2D eigenvalue weighted by atomic mass is 35.5. The SMILES string of the molecule is S=c1ssc2c1N(CCCl)c1c(ssc1=S)S2. The van der Waals surface area contributed by atoms with Crippen molar-refractivity contribution in [1.29, 1.82) is 0 Å². The Balaban J connectivity index is 2.24. The fourth-order valence-corrected chi connectivity index (χ4v) is 9.54. The molecule has 0 saturated carbocycles. The minimum absolute atomic E-state index is 0.577. The largest absolute Gasteiger partial charge is 0.333 e. The van der Waals surface area contributed by atoms with Crippen LogP contribution in [0.3, 0.4) is 0 Å². The zero-order valence-electron chi connectivity index (χ0n) is 8.10. The van der Waals surface area contributed by atoms with Gasteiger partial charge in [-0.05, 0) is 0 Å². The van der Waals surface area contributed by atoms with Crippen LogP contribution in [0.2, 0.25) is 0 Å². The molecule has 0 radical (unpaired) electrons. The van der Waals surface area contributed by atoms with Crippen LogP contribution >= 0.6 is 89.2 Å². The van der Waals surface area contributed by atoms with Gasteiger partial charge in [-0.1, -0.05) is 77.6 Å². The molecule has 9 heteroatoms. The van der Waals surface area contributed by atoms with Gasteiger partial charge in [-0.3, -0.25) is 0 Å². The van der Waals surface area contributed by atoms with Gasteiger partial charge in [-0.25, -0.2) is 0 Å². The van der Waals surface area contributed by atoms with Gasteiger partial charge in [0.2, 0.25) is 0 Å². The molecular formula is C8H4ClNS7. The van der Waals surface area contributed by atoms with Crippen LogP contribution in [0.4, 0.5) is 11.4 Å². The molecule has 0 aromatic carbocycles. The van der Waals surface area contributed by atoms with Crippen LogP contribution < -0.4 is 4.90 Å². The molecule has 90 valence electrons. The highest BCUT2D eigenvalue weighted by Gasteiger charge is 2.29. The molecule has 1 nitrogen and oxygen atoms in total. The van der Waals surface area contributed by atoms with Gasteiger partial charge >= 0.3 is 0 Å². The van der Waals surface area contributed by atoms with E-state index >= 15 is 0 Å². The van der Waals surface area contributed by atoms with E-state index in [2.05, 4.69) is 4.90 Å². The second-order valence-corrected chi connectivity index (χ2v) is 10.7. The number of fused-ring (bicyclic) bond motifs is 2. The average Bonchev–Trinajstić information content (AvgIpc) is 2.85. The standard InChI is InChI=1S/C8H4ClNS7/c9-1-2-10-3-5(11)14-16-7(3)13-8-4(10)6(12)15-17-8/h1-2H2. The fraction of sp³-hybridized carbons (Fsp3) is 0.250. The van der Waals surface area contributed by atoms with E-state index in [0.717, 1.165) is 25.6 Å².